The molecule has 1 atom stereocenters. The lowest BCUT2D eigenvalue weighted by atomic mass is 10.1. The van der Waals surface area contributed by atoms with Crippen LogP contribution in [-0.4, -0.2) is 45.4 Å². The van der Waals surface area contributed by atoms with Gasteiger partial charge in [-0.1, -0.05) is 12.8 Å². The zero-order valence-electron chi connectivity index (χ0n) is 10.4. The fourth-order valence-electron chi connectivity index (χ4n) is 3.01. The first kappa shape index (κ1) is 11.2. The molecule has 94 valence electrons. The first-order valence-electron chi connectivity index (χ1n) is 6.54. The first-order valence-corrected chi connectivity index (χ1v) is 6.54. The summed E-state index contributed by atoms with van der Waals surface area (Å²) in [6.07, 6.45) is 7.31. The molecule has 0 bridgehead atoms. The summed E-state index contributed by atoms with van der Waals surface area (Å²) in [6.45, 7) is 2.85. The minimum Gasteiger partial charge on any atom is -0.368 e. The molecule has 2 aliphatic rings. The van der Waals surface area contributed by atoms with E-state index in [4.69, 9.17) is 4.74 Å². The molecule has 0 N–H and O–H groups in total. The molecule has 2 heterocycles. The summed E-state index contributed by atoms with van der Waals surface area (Å²) in [5.74, 6) is 0.952. The lowest BCUT2D eigenvalue weighted by Gasteiger charge is -2.36. The molecule has 3 rings (SSSR count). The van der Waals surface area contributed by atoms with Crippen molar-refractivity contribution in [2.45, 2.75) is 37.8 Å². The van der Waals surface area contributed by atoms with E-state index in [1.165, 1.54) is 25.7 Å². The third kappa shape index (κ3) is 2.21. The summed E-state index contributed by atoms with van der Waals surface area (Å²) in [5.41, 5.74) is 0. The quantitative estimate of drug-likeness (QED) is 0.772. The molecular formula is C12H20N4O. The Morgan fingerprint density at radius 3 is 2.88 bits per heavy atom. The number of nitrogens with zero attached hydrogens (tertiary/aromatic N) is 4. The van der Waals surface area contributed by atoms with Crippen LogP contribution in [0.1, 0.15) is 37.6 Å². The zero-order valence-corrected chi connectivity index (χ0v) is 10.4. The summed E-state index contributed by atoms with van der Waals surface area (Å²) in [6, 6.07) is 0.773. The Hall–Kier alpha value is -0.940. The highest BCUT2D eigenvalue weighted by Crippen LogP contribution is 2.28. The van der Waals surface area contributed by atoms with Crippen LogP contribution in [0.4, 0.5) is 0 Å². The Morgan fingerprint density at radius 1 is 1.35 bits per heavy atom. The van der Waals surface area contributed by atoms with Crippen LogP contribution in [0.15, 0.2) is 6.33 Å². The molecule has 1 aliphatic heterocycles. The van der Waals surface area contributed by atoms with Gasteiger partial charge in [-0.15, -0.1) is 10.2 Å². The van der Waals surface area contributed by atoms with Crippen molar-refractivity contribution in [1.29, 1.82) is 0 Å². The van der Waals surface area contributed by atoms with E-state index in [1.807, 2.05) is 11.6 Å². The second kappa shape index (κ2) is 4.74. The predicted molar refractivity (Wildman–Crippen MR) is 63.5 cm³/mol. The molecule has 0 aromatic carbocycles. The van der Waals surface area contributed by atoms with Crippen molar-refractivity contribution in [1.82, 2.24) is 19.7 Å². The summed E-state index contributed by atoms with van der Waals surface area (Å²) in [4.78, 5) is 2.58. The van der Waals surface area contributed by atoms with E-state index < -0.39 is 0 Å². The Kier molecular flexibility index (Phi) is 3.11. The molecule has 1 aliphatic carbocycles. The topological polar surface area (TPSA) is 43.2 Å². The maximum absolute atomic E-state index is 5.83. The molecule has 0 unspecified atom stereocenters. The third-order valence-electron chi connectivity index (χ3n) is 3.97. The number of rotatable bonds is 2. The van der Waals surface area contributed by atoms with Gasteiger partial charge in [0.1, 0.15) is 12.4 Å². The second-order valence-electron chi connectivity index (χ2n) is 5.09. The molecule has 2 fully saturated rings. The van der Waals surface area contributed by atoms with Crippen LogP contribution in [0.2, 0.25) is 0 Å². The highest BCUT2D eigenvalue weighted by atomic mass is 16.5. The van der Waals surface area contributed by atoms with Crippen LogP contribution in [0.5, 0.6) is 0 Å². The van der Waals surface area contributed by atoms with Crippen molar-refractivity contribution in [3.05, 3.63) is 12.2 Å². The van der Waals surface area contributed by atoms with Crippen LogP contribution < -0.4 is 0 Å². The van der Waals surface area contributed by atoms with Gasteiger partial charge in [-0.2, -0.15) is 0 Å². The smallest absolute Gasteiger partial charge is 0.163 e. The van der Waals surface area contributed by atoms with E-state index in [9.17, 15) is 0 Å². The summed E-state index contributed by atoms with van der Waals surface area (Å²) in [5, 5.41) is 8.10. The Balaban J connectivity index is 1.69. The SMILES string of the molecule is Cn1cnnc1[C@@H]1CN(C2CCCC2)CCO1. The van der Waals surface area contributed by atoms with Gasteiger partial charge in [0.2, 0.25) is 0 Å². The normalized spacial score (nSPS) is 27.7. The summed E-state index contributed by atoms with van der Waals surface area (Å²) >= 11 is 0. The van der Waals surface area contributed by atoms with Gasteiger partial charge < -0.3 is 9.30 Å². The number of aromatic nitrogens is 3. The third-order valence-corrected chi connectivity index (χ3v) is 3.97. The highest BCUT2D eigenvalue weighted by Gasteiger charge is 2.30. The van der Waals surface area contributed by atoms with Crippen LogP contribution in [0.25, 0.3) is 0 Å². The predicted octanol–water partition coefficient (Wildman–Crippen LogP) is 1.13. The molecule has 1 aromatic rings. The molecule has 1 saturated carbocycles. The zero-order chi connectivity index (χ0) is 11.7. The van der Waals surface area contributed by atoms with Crippen molar-refractivity contribution in [3.8, 4) is 0 Å². The number of hydrogen-bond donors (Lipinski definition) is 0. The fourth-order valence-corrected chi connectivity index (χ4v) is 3.01. The van der Waals surface area contributed by atoms with Crippen molar-refractivity contribution < 1.29 is 4.74 Å². The van der Waals surface area contributed by atoms with Crippen LogP contribution in [0.3, 0.4) is 0 Å². The standard InChI is InChI=1S/C12H20N4O/c1-15-9-13-14-12(15)11-8-16(6-7-17-11)10-4-2-3-5-10/h9-11H,2-8H2,1H3/t11-/m0/s1. The van der Waals surface area contributed by atoms with Crippen LogP contribution in [-0.2, 0) is 11.8 Å². The van der Waals surface area contributed by atoms with Crippen molar-refractivity contribution in [2.24, 2.45) is 7.05 Å². The maximum Gasteiger partial charge on any atom is 0.163 e. The fraction of sp³-hybridized carbons (Fsp3) is 0.833. The minimum atomic E-state index is 0.0943. The molecule has 17 heavy (non-hydrogen) atoms. The van der Waals surface area contributed by atoms with Gasteiger partial charge in [-0.05, 0) is 12.8 Å². The lowest BCUT2D eigenvalue weighted by molar-refractivity contribution is -0.0492. The first-order chi connectivity index (χ1) is 8.34. The average molecular weight is 236 g/mol. The molecule has 5 heteroatoms. The van der Waals surface area contributed by atoms with Gasteiger partial charge in [-0.25, -0.2) is 0 Å². The van der Waals surface area contributed by atoms with Crippen molar-refractivity contribution >= 4 is 0 Å². The minimum absolute atomic E-state index is 0.0943. The molecule has 1 aromatic heterocycles. The summed E-state index contributed by atoms with van der Waals surface area (Å²) < 4.78 is 7.79. The molecule has 1 saturated heterocycles. The second-order valence-corrected chi connectivity index (χ2v) is 5.09. The number of morpholine rings is 1. The van der Waals surface area contributed by atoms with Gasteiger partial charge in [0, 0.05) is 26.2 Å². The monoisotopic (exact) mass is 236 g/mol. The van der Waals surface area contributed by atoms with E-state index in [0.29, 0.717) is 0 Å². The van der Waals surface area contributed by atoms with Crippen molar-refractivity contribution in [2.75, 3.05) is 19.7 Å². The largest absolute Gasteiger partial charge is 0.368 e. The molecule has 0 spiro atoms. The van der Waals surface area contributed by atoms with E-state index in [-0.39, 0.29) is 6.10 Å². The number of hydrogen-bond acceptors (Lipinski definition) is 4. The van der Waals surface area contributed by atoms with Gasteiger partial charge in [-0.3, -0.25) is 4.90 Å². The average Bonchev–Trinajstić information content (AvgIpc) is 2.99. The number of ether oxygens (including phenoxy) is 1. The Morgan fingerprint density at radius 2 is 2.18 bits per heavy atom. The van der Waals surface area contributed by atoms with E-state index in [1.54, 1.807) is 6.33 Å². The maximum atomic E-state index is 5.83. The highest BCUT2D eigenvalue weighted by molar-refractivity contribution is 4.95. The van der Waals surface area contributed by atoms with E-state index in [0.717, 1.165) is 31.6 Å². The Bertz CT molecular complexity index is 372. The van der Waals surface area contributed by atoms with E-state index >= 15 is 0 Å². The molecule has 5 nitrogen and oxygen atoms in total. The summed E-state index contributed by atoms with van der Waals surface area (Å²) in [7, 11) is 1.98. The van der Waals surface area contributed by atoms with Gasteiger partial charge >= 0.3 is 0 Å². The van der Waals surface area contributed by atoms with Crippen LogP contribution >= 0.6 is 0 Å². The van der Waals surface area contributed by atoms with E-state index in [2.05, 4.69) is 15.1 Å². The number of aryl methyl sites for hydroxylation is 1. The molecule has 0 amide bonds. The molecular weight excluding hydrogens is 216 g/mol. The van der Waals surface area contributed by atoms with Crippen LogP contribution in [0, 0.1) is 0 Å². The van der Waals surface area contributed by atoms with Gasteiger partial charge in [0.05, 0.1) is 6.61 Å². The van der Waals surface area contributed by atoms with Crippen molar-refractivity contribution in [3.63, 3.8) is 0 Å². The van der Waals surface area contributed by atoms with Gasteiger partial charge in [0.15, 0.2) is 5.82 Å². The lowest BCUT2D eigenvalue weighted by Crippen LogP contribution is -2.44. The molecule has 0 radical (unpaired) electrons. The Labute approximate surface area is 102 Å². The van der Waals surface area contributed by atoms with Gasteiger partial charge in [0.25, 0.3) is 0 Å².